The average Bonchev–Trinajstić information content (AvgIpc) is 2.59. The molecule has 3 amide bonds. The maximum absolute atomic E-state index is 12.0. The summed E-state index contributed by atoms with van der Waals surface area (Å²) in [7, 11) is 0. The number of carbonyl (C=O) groups excluding carboxylic acids is 2. The fraction of sp³-hybridized carbons (Fsp3) is 0.750. The number of carboxylic acids is 1. The summed E-state index contributed by atoms with van der Waals surface area (Å²) in [5, 5.41) is 14.3. The lowest BCUT2D eigenvalue weighted by Gasteiger charge is -2.25. The molecule has 7 heteroatoms. The van der Waals surface area contributed by atoms with Gasteiger partial charge in [-0.3, -0.25) is 4.79 Å². The molecular weight excluding hydrogens is 250 g/mol. The molecule has 1 saturated heterocycles. The quantitative estimate of drug-likeness (QED) is 0.671. The molecule has 2 atom stereocenters. The zero-order valence-electron chi connectivity index (χ0n) is 11.3. The van der Waals surface area contributed by atoms with Crippen molar-refractivity contribution >= 4 is 17.9 Å². The van der Waals surface area contributed by atoms with Crippen LogP contribution in [0, 0.1) is 5.92 Å². The first-order chi connectivity index (χ1) is 8.95. The van der Waals surface area contributed by atoms with Crippen molar-refractivity contribution in [3.63, 3.8) is 0 Å². The van der Waals surface area contributed by atoms with Crippen LogP contribution in [0.25, 0.3) is 0 Å². The van der Waals surface area contributed by atoms with Gasteiger partial charge in [0, 0.05) is 13.1 Å². The molecule has 1 aliphatic heterocycles. The molecule has 108 valence electrons. The summed E-state index contributed by atoms with van der Waals surface area (Å²) >= 11 is 0. The summed E-state index contributed by atoms with van der Waals surface area (Å²) in [6.45, 7) is 4.59. The highest BCUT2D eigenvalue weighted by molar-refractivity contribution is 5.87. The molecule has 1 aliphatic rings. The van der Waals surface area contributed by atoms with Crippen LogP contribution in [0.15, 0.2) is 0 Å². The summed E-state index contributed by atoms with van der Waals surface area (Å²) in [4.78, 5) is 35.8. The third-order valence-corrected chi connectivity index (χ3v) is 3.31. The van der Waals surface area contributed by atoms with E-state index in [1.807, 2.05) is 6.92 Å². The Balaban J connectivity index is 2.65. The summed E-state index contributed by atoms with van der Waals surface area (Å²) in [6, 6.07) is -1.42. The van der Waals surface area contributed by atoms with Gasteiger partial charge in [-0.2, -0.15) is 0 Å². The number of nitrogens with zero attached hydrogens (tertiary/aromatic N) is 1. The van der Waals surface area contributed by atoms with E-state index >= 15 is 0 Å². The molecule has 0 aromatic heterocycles. The Hall–Kier alpha value is -1.79. The minimum atomic E-state index is -1.05. The van der Waals surface area contributed by atoms with Gasteiger partial charge in [0.1, 0.15) is 12.6 Å². The number of aliphatic carboxylic acids is 1. The largest absolute Gasteiger partial charge is 0.480 e. The van der Waals surface area contributed by atoms with Crippen LogP contribution in [0.1, 0.15) is 26.7 Å². The number of rotatable bonds is 4. The molecule has 3 N–H and O–H groups in total. The van der Waals surface area contributed by atoms with E-state index in [4.69, 9.17) is 5.11 Å². The number of amides is 3. The van der Waals surface area contributed by atoms with Crippen molar-refractivity contribution in [2.24, 2.45) is 5.92 Å². The molecule has 0 radical (unpaired) electrons. The zero-order chi connectivity index (χ0) is 14.4. The maximum atomic E-state index is 12.0. The van der Waals surface area contributed by atoms with Crippen molar-refractivity contribution in [3.8, 4) is 0 Å². The van der Waals surface area contributed by atoms with E-state index in [0.717, 1.165) is 0 Å². The molecule has 1 fully saturated rings. The molecule has 0 aliphatic carbocycles. The summed E-state index contributed by atoms with van der Waals surface area (Å²) < 4.78 is 0. The molecule has 0 saturated carbocycles. The lowest BCUT2D eigenvalue weighted by molar-refractivity contribution is -0.140. The van der Waals surface area contributed by atoms with Gasteiger partial charge in [-0.25, -0.2) is 9.59 Å². The van der Waals surface area contributed by atoms with E-state index in [2.05, 4.69) is 10.6 Å². The Morgan fingerprint density at radius 3 is 2.79 bits per heavy atom. The summed E-state index contributed by atoms with van der Waals surface area (Å²) in [5.41, 5.74) is 0. The van der Waals surface area contributed by atoms with Crippen molar-refractivity contribution < 1.29 is 19.5 Å². The van der Waals surface area contributed by atoms with Crippen molar-refractivity contribution in [3.05, 3.63) is 0 Å². The van der Waals surface area contributed by atoms with Gasteiger partial charge < -0.3 is 20.6 Å². The number of urea groups is 1. The van der Waals surface area contributed by atoms with Gasteiger partial charge in [0.2, 0.25) is 5.91 Å². The zero-order valence-corrected chi connectivity index (χ0v) is 11.3. The van der Waals surface area contributed by atoms with Crippen LogP contribution in [0.5, 0.6) is 0 Å². The highest BCUT2D eigenvalue weighted by Gasteiger charge is 2.28. The third kappa shape index (κ3) is 4.42. The average molecular weight is 271 g/mol. The minimum absolute atomic E-state index is 0.0291. The van der Waals surface area contributed by atoms with Gasteiger partial charge >= 0.3 is 12.0 Å². The van der Waals surface area contributed by atoms with Crippen LogP contribution in [-0.2, 0) is 9.59 Å². The molecule has 1 rings (SSSR count). The second-order valence-corrected chi connectivity index (χ2v) is 4.78. The molecular formula is C12H21N3O4. The first kappa shape index (κ1) is 15.3. The lowest BCUT2D eigenvalue weighted by Crippen LogP contribution is -2.51. The molecule has 0 bridgehead atoms. The molecule has 1 unspecified atom stereocenters. The predicted molar refractivity (Wildman–Crippen MR) is 68.6 cm³/mol. The molecule has 19 heavy (non-hydrogen) atoms. The van der Waals surface area contributed by atoms with Gasteiger partial charge in [0.15, 0.2) is 0 Å². The van der Waals surface area contributed by atoms with Gasteiger partial charge in [0.05, 0.1) is 0 Å². The Labute approximate surface area is 112 Å². The third-order valence-electron chi connectivity index (χ3n) is 3.31. The van der Waals surface area contributed by atoms with Crippen molar-refractivity contribution in [1.29, 1.82) is 0 Å². The van der Waals surface area contributed by atoms with Crippen LogP contribution in [0.4, 0.5) is 4.79 Å². The number of carbonyl (C=O) groups is 3. The summed E-state index contributed by atoms with van der Waals surface area (Å²) in [6.07, 6.45) is 1.32. The van der Waals surface area contributed by atoms with Gasteiger partial charge in [0.25, 0.3) is 0 Å². The van der Waals surface area contributed by atoms with Crippen LogP contribution in [0.2, 0.25) is 0 Å². The van der Waals surface area contributed by atoms with E-state index in [-0.39, 0.29) is 18.4 Å². The fourth-order valence-electron chi connectivity index (χ4n) is 1.89. The number of hydrogen-bond donors (Lipinski definition) is 3. The maximum Gasteiger partial charge on any atom is 0.326 e. The van der Waals surface area contributed by atoms with E-state index < -0.39 is 18.0 Å². The first-order valence-electron chi connectivity index (χ1n) is 6.50. The van der Waals surface area contributed by atoms with E-state index in [1.165, 1.54) is 4.90 Å². The van der Waals surface area contributed by atoms with Crippen molar-refractivity contribution in [2.45, 2.75) is 32.7 Å². The molecule has 0 spiro atoms. The standard InChI is InChI=1S/C12H21N3O4/c1-3-8(2)10(11(17)18)14-12(19)15-6-4-5-13-9(16)7-15/h8,10H,3-7H2,1-2H3,(H,13,16)(H,14,19)(H,17,18)/t8?,10-/m0/s1. The van der Waals surface area contributed by atoms with Gasteiger partial charge in [-0.1, -0.05) is 20.3 Å². The Morgan fingerprint density at radius 1 is 1.53 bits per heavy atom. The molecule has 1 heterocycles. The normalized spacial score (nSPS) is 19.1. The number of hydrogen-bond acceptors (Lipinski definition) is 3. The van der Waals surface area contributed by atoms with Crippen LogP contribution in [0.3, 0.4) is 0 Å². The van der Waals surface area contributed by atoms with Crippen LogP contribution >= 0.6 is 0 Å². The molecule has 0 aromatic carbocycles. The second kappa shape index (κ2) is 6.96. The first-order valence-corrected chi connectivity index (χ1v) is 6.50. The van der Waals surface area contributed by atoms with Crippen LogP contribution < -0.4 is 10.6 Å². The fourth-order valence-corrected chi connectivity index (χ4v) is 1.89. The van der Waals surface area contributed by atoms with Crippen molar-refractivity contribution in [2.75, 3.05) is 19.6 Å². The predicted octanol–water partition coefficient (Wildman–Crippen LogP) is 0.0172. The number of nitrogens with one attached hydrogen (secondary N) is 2. The monoisotopic (exact) mass is 271 g/mol. The highest BCUT2D eigenvalue weighted by Crippen LogP contribution is 2.09. The summed E-state index contributed by atoms with van der Waals surface area (Å²) in [5.74, 6) is -1.44. The Morgan fingerprint density at radius 2 is 2.21 bits per heavy atom. The smallest absolute Gasteiger partial charge is 0.326 e. The Kier molecular flexibility index (Phi) is 5.59. The van der Waals surface area contributed by atoms with E-state index in [9.17, 15) is 14.4 Å². The second-order valence-electron chi connectivity index (χ2n) is 4.78. The number of carboxylic acid groups (broad SMARTS) is 1. The highest BCUT2D eigenvalue weighted by atomic mass is 16.4. The Bertz CT molecular complexity index is 359. The van der Waals surface area contributed by atoms with Gasteiger partial charge in [-0.15, -0.1) is 0 Å². The minimum Gasteiger partial charge on any atom is -0.480 e. The van der Waals surface area contributed by atoms with Gasteiger partial charge in [-0.05, 0) is 12.3 Å². The van der Waals surface area contributed by atoms with E-state index in [0.29, 0.717) is 25.9 Å². The lowest BCUT2D eigenvalue weighted by atomic mass is 9.99. The van der Waals surface area contributed by atoms with Crippen LogP contribution in [-0.4, -0.2) is 53.6 Å². The SMILES string of the molecule is CCC(C)[C@H](NC(=O)N1CCCNC(=O)C1)C(=O)O. The molecule has 0 aromatic rings. The van der Waals surface area contributed by atoms with E-state index in [1.54, 1.807) is 6.92 Å². The molecule has 7 nitrogen and oxygen atoms in total. The topological polar surface area (TPSA) is 98.7 Å². The van der Waals surface area contributed by atoms with Crippen molar-refractivity contribution in [1.82, 2.24) is 15.5 Å².